The average Bonchev–Trinajstić information content (AvgIpc) is 2.41. The fourth-order valence-corrected chi connectivity index (χ4v) is 2.38. The van der Waals surface area contributed by atoms with E-state index < -0.39 is 0 Å². The van der Waals surface area contributed by atoms with Crippen molar-refractivity contribution in [3.63, 3.8) is 0 Å². The van der Waals surface area contributed by atoms with Gasteiger partial charge in [0.25, 0.3) is 0 Å². The Bertz CT molecular complexity index is 645. The topological polar surface area (TPSA) is 35.8 Å². The van der Waals surface area contributed by atoms with E-state index in [1.165, 1.54) is 11.1 Å². The first kappa shape index (κ1) is 14.1. The number of rotatable bonds is 3. The Labute approximate surface area is 129 Å². The van der Waals surface area contributed by atoms with Gasteiger partial charge >= 0.3 is 0 Å². The minimum Gasteiger partial charge on any atom is -0.380 e. The van der Waals surface area contributed by atoms with Crippen molar-refractivity contribution >= 4 is 37.5 Å². The van der Waals surface area contributed by atoms with Gasteiger partial charge in [0, 0.05) is 15.5 Å². The van der Waals surface area contributed by atoms with Crippen LogP contribution >= 0.6 is 31.9 Å². The first-order valence-corrected chi connectivity index (χ1v) is 7.37. The molecular formula is C15H12Br2N2. The molecule has 0 heterocycles. The second kappa shape index (κ2) is 6.23. The Kier molecular flexibility index (Phi) is 4.62. The van der Waals surface area contributed by atoms with Crippen LogP contribution in [0.1, 0.15) is 16.7 Å². The minimum absolute atomic E-state index is 0.642. The fraction of sp³-hybridized carbons (Fsp3) is 0.133. The molecule has 19 heavy (non-hydrogen) atoms. The van der Waals surface area contributed by atoms with Crippen molar-refractivity contribution in [1.29, 1.82) is 5.26 Å². The molecule has 0 saturated carbocycles. The molecule has 2 aromatic rings. The maximum atomic E-state index is 9.10. The third-order valence-electron chi connectivity index (χ3n) is 2.81. The number of benzene rings is 2. The molecule has 0 bridgehead atoms. The van der Waals surface area contributed by atoms with Gasteiger partial charge in [-0.3, -0.25) is 0 Å². The summed E-state index contributed by atoms with van der Waals surface area (Å²) in [6.45, 7) is 2.76. The quantitative estimate of drug-likeness (QED) is 0.813. The highest BCUT2D eigenvalue weighted by molar-refractivity contribution is 9.10. The third kappa shape index (κ3) is 3.59. The smallest absolute Gasteiger partial charge is 0.101 e. The van der Waals surface area contributed by atoms with Gasteiger partial charge < -0.3 is 5.32 Å². The van der Waals surface area contributed by atoms with Crippen molar-refractivity contribution < 1.29 is 0 Å². The molecule has 0 aromatic heterocycles. The maximum Gasteiger partial charge on any atom is 0.101 e. The van der Waals surface area contributed by atoms with Crippen LogP contribution in [0.15, 0.2) is 45.3 Å². The molecule has 0 aliphatic rings. The molecule has 0 atom stereocenters. The molecule has 0 amide bonds. The molecule has 96 valence electrons. The lowest BCUT2D eigenvalue weighted by Gasteiger charge is -2.09. The van der Waals surface area contributed by atoms with E-state index in [-0.39, 0.29) is 0 Å². The Balaban J connectivity index is 2.14. The Morgan fingerprint density at radius 1 is 1.16 bits per heavy atom. The fourth-order valence-electron chi connectivity index (χ4n) is 1.78. The molecular weight excluding hydrogens is 368 g/mol. The summed E-state index contributed by atoms with van der Waals surface area (Å²) in [5.41, 5.74) is 3.89. The second-order valence-electron chi connectivity index (χ2n) is 4.24. The Hall–Kier alpha value is -1.31. The third-order valence-corrected chi connectivity index (χ3v) is 4.19. The Morgan fingerprint density at radius 3 is 2.63 bits per heavy atom. The van der Waals surface area contributed by atoms with Gasteiger partial charge in [-0.15, -0.1) is 0 Å². The van der Waals surface area contributed by atoms with Gasteiger partial charge in [-0.1, -0.05) is 44.0 Å². The highest BCUT2D eigenvalue weighted by Crippen LogP contribution is 2.22. The van der Waals surface area contributed by atoms with Gasteiger partial charge in [-0.25, -0.2) is 0 Å². The van der Waals surface area contributed by atoms with Crippen LogP contribution in [-0.4, -0.2) is 0 Å². The molecule has 1 N–H and O–H groups in total. The van der Waals surface area contributed by atoms with E-state index in [0.29, 0.717) is 12.1 Å². The number of nitriles is 1. The molecule has 0 aliphatic heterocycles. The standard InChI is InChI=1S/C15H12Br2N2/c1-10-6-11(2-4-14(10)17)9-19-15-5-3-13(16)7-12(15)8-18/h2-7,19H,9H2,1H3. The van der Waals surface area contributed by atoms with Crippen molar-refractivity contribution in [1.82, 2.24) is 0 Å². The van der Waals surface area contributed by atoms with E-state index in [1.54, 1.807) is 0 Å². The zero-order valence-corrected chi connectivity index (χ0v) is 13.5. The lowest BCUT2D eigenvalue weighted by atomic mass is 10.1. The lowest BCUT2D eigenvalue weighted by Crippen LogP contribution is -2.01. The minimum atomic E-state index is 0.642. The summed E-state index contributed by atoms with van der Waals surface area (Å²) < 4.78 is 2.02. The molecule has 0 unspecified atom stereocenters. The first-order chi connectivity index (χ1) is 9.10. The molecule has 2 rings (SSSR count). The number of halogens is 2. The van der Waals surface area contributed by atoms with Gasteiger partial charge in [0.05, 0.1) is 11.3 Å². The highest BCUT2D eigenvalue weighted by atomic mass is 79.9. The Morgan fingerprint density at radius 2 is 1.95 bits per heavy atom. The predicted octanol–water partition coefficient (Wildman–Crippen LogP) is 5.00. The van der Waals surface area contributed by atoms with Gasteiger partial charge in [0.15, 0.2) is 0 Å². The summed E-state index contributed by atoms with van der Waals surface area (Å²) in [6.07, 6.45) is 0. The molecule has 0 radical (unpaired) electrons. The number of hydrogen-bond acceptors (Lipinski definition) is 2. The van der Waals surface area contributed by atoms with Crippen LogP contribution < -0.4 is 5.32 Å². The number of anilines is 1. The second-order valence-corrected chi connectivity index (χ2v) is 6.01. The summed E-state index contributed by atoms with van der Waals surface area (Å²) in [6, 6.07) is 14.1. The molecule has 0 fully saturated rings. The number of nitrogens with one attached hydrogen (secondary N) is 1. The number of aryl methyl sites for hydroxylation is 1. The van der Waals surface area contributed by atoms with Crippen LogP contribution in [-0.2, 0) is 6.54 Å². The van der Waals surface area contributed by atoms with Gasteiger partial charge in [0.2, 0.25) is 0 Å². The van der Waals surface area contributed by atoms with Crippen LogP contribution in [0.3, 0.4) is 0 Å². The van der Waals surface area contributed by atoms with Crippen molar-refractivity contribution in [3.8, 4) is 6.07 Å². The lowest BCUT2D eigenvalue weighted by molar-refractivity contribution is 1.13. The van der Waals surface area contributed by atoms with Crippen molar-refractivity contribution in [3.05, 3.63) is 62.0 Å². The van der Waals surface area contributed by atoms with Gasteiger partial charge in [-0.05, 0) is 42.3 Å². The summed E-state index contributed by atoms with van der Waals surface area (Å²) in [5.74, 6) is 0. The number of nitrogens with zero attached hydrogens (tertiary/aromatic N) is 1. The SMILES string of the molecule is Cc1cc(CNc2ccc(Br)cc2C#N)ccc1Br. The maximum absolute atomic E-state index is 9.10. The normalized spacial score (nSPS) is 10.0. The first-order valence-electron chi connectivity index (χ1n) is 5.78. The van der Waals surface area contributed by atoms with Crippen molar-refractivity contribution in [2.75, 3.05) is 5.32 Å². The van der Waals surface area contributed by atoms with E-state index in [4.69, 9.17) is 5.26 Å². The van der Waals surface area contributed by atoms with Crippen LogP contribution in [0.2, 0.25) is 0 Å². The van der Waals surface area contributed by atoms with Crippen molar-refractivity contribution in [2.24, 2.45) is 0 Å². The zero-order valence-electron chi connectivity index (χ0n) is 10.4. The summed E-state index contributed by atoms with van der Waals surface area (Å²) in [5, 5.41) is 12.4. The largest absolute Gasteiger partial charge is 0.380 e. The predicted molar refractivity (Wildman–Crippen MR) is 85.1 cm³/mol. The molecule has 0 aliphatic carbocycles. The van der Waals surface area contributed by atoms with E-state index in [9.17, 15) is 0 Å². The van der Waals surface area contributed by atoms with Gasteiger partial charge in [-0.2, -0.15) is 5.26 Å². The zero-order chi connectivity index (χ0) is 13.8. The summed E-state index contributed by atoms with van der Waals surface area (Å²) in [7, 11) is 0. The molecule has 0 saturated heterocycles. The van der Waals surface area contributed by atoms with Crippen LogP contribution in [0.25, 0.3) is 0 Å². The monoisotopic (exact) mass is 378 g/mol. The van der Waals surface area contributed by atoms with E-state index in [2.05, 4.69) is 62.3 Å². The molecule has 2 aromatic carbocycles. The van der Waals surface area contributed by atoms with E-state index in [0.717, 1.165) is 14.6 Å². The summed E-state index contributed by atoms with van der Waals surface area (Å²) in [4.78, 5) is 0. The van der Waals surface area contributed by atoms with Gasteiger partial charge in [0.1, 0.15) is 6.07 Å². The summed E-state index contributed by atoms with van der Waals surface area (Å²) >= 11 is 6.85. The highest BCUT2D eigenvalue weighted by Gasteiger charge is 2.03. The van der Waals surface area contributed by atoms with Crippen LogP contribution in [0.5, 0.6) is 0 Å². The van der Waals surface area contributed by atoms with E-state index in [1.807, 2.05) is 24.3 Å². The van der Waals surface area contributed by atoms with Crippen LogP contribution in [0.4, 0.5) is 5.69 Å². The average molecular weight is 380 g/mol. The molecule has 4 heteroatoms. The van der Waals surface area contributed by atoms with Crippen LogP contribution in [0, 0.1) is 18.3 Å². The van der Waals surface area contributed by atoms with E-state index >= 15 is 0 Å². The molecule has 0 spiro atoms. The number of hydrogen-bond donors (Lipinski definition) is 1. The van der Waals surface area contributed by atoms with Crippen molar-refractivity contribution in [2.45, 2.75) is 13.5 Å². The molecule has 2 nitrogen and oxygen atoms in total.